The average Bonchev–Trinajstić information content (AvgIpc) is 4.07. The van der Waals surface area contributed by atoms with E-state index in [0.29, 0.717) is 26.0 Å². The van der Waals surface area contributed by atoms with Crippen LogP contribution in [0.3, 0.4) is 0 Å². The van der Waals surface area contributed by atoms with Crippen molar-refractivity contribution in [3.8, 4) is 0 Å². The number of hydrogen-bond donors (Lipinski definition) is 2. The van der Waals surface area contributed by atoms with Gasteiger partial charge in [-0.05, 0) is 107 Å². The van der Waals surface area contributed by atoms with Gasteiger partial charge in [0.25, 0.3) is 0 Å². The first kappa shape index (κ1) is 47.0. The molecule has 0 amide bonds. The summed E-state index contributed by atoms with van der Waals surface area (Å²) < 4.78 is 11.5. The number of aliphatic hydroxyl groups excluding tert-OH is 1. The first-order chi connectivity index (χ1) is 25.5. The van der Waals surface area contributed by atoms with Crippen LogP contribution in [-0.2, 0) is 19.1 Å². The van der Waals surface area contributed by atoms with E-state index in [9.17, 15) is 14.7 Å². The summed E-state index contributed by atoms with van der Waals surface area (Å²) in [6.07, 6.45) is 32.6. The molecule has 0 aromatic rings. The second-order valence-corrected chi connectivity index (χ2v) is 16.7. The number of hydrogen-bond acceptors (Lipinski definition) is 7. The van der Waals surface area contributed by atoms with Crippen LogP contribution in [0.15, 0.2) is 0 Å². The summed E-state index contributed by atoms with van der Waals surface area (Å²) in [5.41, 5.74) is 0. The summed E-state index contributed by atoms with van der Waals surface area (Å²) >= 11 is 0. The molecule has 2 saturated carbocycles. The molecule has 4 atom stereocenters. The summed E-state index contributed by atoms with van der Waals surface area (Å²) in [6, 6.07) is 0. The maximum Gasteiger partial charge on any atom is 0.306 e. The highest BCUT2D eigenvalue weighted by Gasteiger charge is 2.38. The predicted molar refractivity (Wildman–Crippen MR) is 217 cm³/mol. The van der Waals surface area contributed by atoms with Crippen molar-refractivity contribution in [2.24, 2.45) is 23.7 Å². The minimum Gasteiger partial charge on any atom is -0.466 e. The highest BCUT2D eigenvalue weighted by Crippen LogP contribution is 2.47. The summed E-state index contributed by atoms with van der Waals surface area (Å²) in [7, 11) is 0. The van der Waals surface area contributed by atoms with Crippen LogP contribution in [0.25, 0.3) is 0 Å². The van der Waals surface area contributed by atoms with Gasteiger partial charge >= 0.3 is 11.9 Å². The Hall–Kier alpha value is -1.18. The van der Waals surface area contributed by atoms with Crippen molar-refractivity contribution in [3.63, 3.8) is 0 Å². The minimum absolute atomic E-state index is 0.00881. The van der Waals surface area contributed by atoms with E-state index in [1.165, 1.54) is 103 Å². The van der Waals surface area contributed by atoms with Crippen molar-refractivity contribution in [3.05, 3.63) is 0 Å². The lowest BCUT2D eigenvalue weighted by Crippen LogP contribution is -2.35. The molecule has 2 rings (SSSR count). The molecule has 0 spiro atoms. The number of nitrogens with zero attached hydrogens (tertiary/aromatic N) is 1. The molecular weight excluding hydrogens is 649 g/mol. The number of nitrogens with one attached hydrogen (secondary N) is 1. The zero-order valence-corrected chi connectivity index (χ0v) is 34.7. The smallest absolute Gasteiger partial charge is 0.306 e. The maximum absolute atomic E-state index is 12.8. The molecule has 2 N–H and O–H groups in total. The molecule has 0 saturated heterocycles. The molecule has 0 aliphatic heterocycles. The van der Waals surface area contributed by atoms with Crippen molar-refractivity contribution in [1.82, 2.24) is 10.2 Å². The van der Waals surface area contributed by atoms with Gasteiger partial charge in [0.05, 0.1) is 13.2 Å². The SMILES string of the molecule is CCCCCCCCCOC(=O)CCCCCCCN(CCO)CCNCCCCC(=O)OC(CCC1CC1CCCC)CCC1CC1CCCC. The van der Waals surface area contributed by atoms with Crippen LogP contribution < -0.4 is 5.32 Å². The highest BCUT2D eigenvalue weighted by molar-refractivity contribution is 5.69. The molecule has 4 unspecified atom stereocenters. The number of ether oxygens (including phenoxy) is 2. The van der Waals surface area contributed by atoms with E-state index in [1.54, 1.807) is 0 Å². The van der Waals surface area contributed by atoms with Gasteiger partial charge in [-0.1, -0.05) is 117 Å². The summed E-state index contributed by atoms with van der Waals surface area (Å²) in [6.45, 7) is 12.0. The summed E-state index contributed by atoms with van der Waals surface area (Å²) in [5, 5.41) is 13.1. The number of carbonyl (C=O) groups is 2. The lowest BCUT2D eigenvalue weighted by Gasteiger charge is -2.21. The van der Waals surface area contributed by atoms with E-state index in [0.717, 1.165) is 114 Å². The van der Waals surface area contributed by atoms with Gasteiger partial charge in [0.1, 0.15) is 6.10 Å². The fourth-order valence-corrected chi connectivity index (χ4v) is 8.09. The molecule has 7 nitrogen and oxygen atoms in total. The number of unbranched alkanes of at least 4 members (excludes halogenated alkanes) is 13. The molecule has 52 heavy (non-hydrogen) atoms. The molecule has 0 radical (unpaired) electrons. The standard InChI is InChI=1S/C45H86N2O5/c1-4-7-10-11-12-16-21-36-51-44(49)24-17-14-13-15-20-32-47(34-35-48)33-31-46-30-19-18-25-45(50)52-43(28-26-41-37-39(41)22-8-5-2)29-27-42-38-40(42)23-9-6-3/h39-43,46,48H,4-38H2,1-3H3. The van der Waals surface area contributed by atoms with E-state index in [4.69, 9.17) is 9.47 Å². The first-order valence-electron chi connectivity index (χ1n) is 22.9. The van der Waals surface area contributed by atoms with Gasteiger partial charge in [-0.3, -0.25) is 14.5 Å². The maximum atomic E-state index is 12.8. The summed E-state index contributed by atoms with van der Waals surface area (Å²) in [5.74, 6) is 3.60. The lowest BCUT2D eigenvalue weighted by atomic mass is 10.0. The minimum atomic E-state index is -0.0362. The monoisotopic (exact) mass is 735 g/mol. The first-order valence-corrected chi connectivity index (χ1v) is 22.9. The molecule has 0 aromatic carbocycles. The van der Waals surface area contributed by atoms with Crippen LogP contribution in [-0.4, -0.2) is 74.0 Å². The van der Waals surface area contributed by atoms with E-state index < -0.39 is 0 Å². The Labute approximate surface area is 321 Å². The number of aliphatic hydroxyl groups is 1. The average molecular weight is 735 g/mol. The van der Waals surface area contributed by atoms with Gasteiger partial charge in [0.2, 0.25) is 0 Å². The van der Waals surface area contributed by atoms with Crippen molar-refractivity contribution < 1.29 is 24.2 Å². The Kier molecular flexibility index (Phi) is 29.0. The molecule has 306 valence electrons. The zero-order valence-electron chi connectivity index (χ0n) is 34.7. The second kappa shape index (κ2) is 32.1. The zero-order chi connectivity index (χ0) is 37.5. The molecular formula is C45H86N2O5. The van der Waals surface area contributed by atoms with Crippen LogP contribution >= 0.6 is 0 Å². The van der Waals surface area contributed by atoms with Crippen LogP contribution in [0.5, 0.6) is 0 Å². The van der Waals surface area contributed by atoms with Crippen molar-refractivity contribution >= 4 is 11.9 Å². The molecule has 0 aromatic heterocycles. The number of carbonyl (C=O) groups excluding carboxylic acids is 2. The van der Waals surface area contributed by atoms with E-state index in [2.05, 4.69) is 31.0 Å². The van der Waals surface area contributed by atoms with Gasteiger partial charge in [0.15, 0.2) is 0 Å². The number of rotatable bonds is 39. The van der Waals surface area contributed by atoms with E-state index in [-0.39, 0.29) is 24.6 Å². The molecule has 2 aliphatic rings. The quantitative estimate of drug-likeness (QED) is 0.0480. The predicted octanol–water partition coefficient (Wildman–Crippen LogP) is 10.8. The molecule has 2 aliphatic carbocycles. The second-order valence-electron chi connectivity index (χ2n) is 16.7. The fourth-order valence-electron chi connectivity index (χ4n) is 8.09. The molecule has 7 heteroatoms. The topological polar surface area (TPSA) is 88.1 Å². The fraction of sp³-hybridized carbons (Fsp3) is 0.956. The highest BCUT2D eigenvalue weighted by atomic mass is 16.5. The van der Waals surface area contributed by atoms with E-state index >= 15 is 0 Å². The van der Waals surface area contributed by atoms with Crippen LogP contribution in [0.1, 0.15) is 201 Å². The van der Waals surface area contributed by atoms with Gasteiger partial charge in [-0.25, -0.2) is 0 Å². The van der Waals surface area contributed by atoms with Gasteiger partial charge < -0.3 is 19.9 Å². The van der Waals surface area contributed by atoms with Crippen LogP contribution in [0.2, 0.25) is 0 Å². The van der Waals surface area contributed by atoms with Gasteiger partial charge in [0, 0.05) is 32.5 Å². The lowest BCUT2D eigenvalue weighted by molar-refractivity contribution is -0.150. The Balaban J connectivity index is 1.47. The molecule has 0 bridgehead atoms. The Morgan fingerprint density at radius 2 is 1.13 bits per heavy atom. The Morgan fingerprint density at radius 3 is 1.77 bits per heavy atom. The normalized spacial score (nSPS) is 19.9. The van der Waals surface area contributed by atoms with Crippen molar-refractivity contribution in [2.45, 2.75) is 207 Å². The molecule has 0 heterocycles. The third-order valence-corrected chi connectivity index (χ3v) is 11.9. The molecule has 2 fully saturated rings. The third kappa shape index (κ3) is 25.8. The largest absolute Gasteiger partial charge is 0.466 e. The van der Waals surface area contributed by atoms with Gasteiger partial charge in [-0.15, -0.1) is 0 Å². The summed E-state index contributed by atoms with van der Waals surface area (Å²) in [4.78, 5) is 27.2. The number of esters is 2. The Morgan fingerprint density at radius 1 is 0.596 bits per heavy atom. The van der Waals surface area contributed by atoms with Crippen molar-refractivity contribution in [1.29, 1.82) is 0 Å². The van der Waals surface area contributed by atoms with Crippen molar-refractivity contribution in [2.75, 3.05) is 45.9 Å². The van der Waals surface area contributed by atoms with Crippen LogP contribution in [0, 0.1) is 23.7 Å². The Bertz CT molecular complexity index is 830. The van der Waals surface area contributed by atoms with Crippen LogP contribution in [0.4, 0.5) is 0 Å². The van der Waals surface area contributed by atoms with E-state index in [1.807, 2.05) is 0 Å². The third-order valence-electron chi connectivity index (χ3n) is 11.9. The van der Waals surface area contributed by atoms with Gasteiger partial charge in [-0.2, -0.15) is 0 Å².